The Labute approximate surface area is 88.1 Å². The summed E-state index contributed by atoms with van der Waals surface area (Å²) < 4.78 is 0. The van der Waals surface area contributed by atoms with Crippen LogP contribution in [0.15, 0.2) is 0 Å². The van der Waals surface area contributed by atoms with Crippen molar-refractivity contribution < 1.29 is 5.11 Å². The Hall–Kier alpha value is -0.0800. The molecule has 1 rings (SSSR count). The van der Waals surface area contributed by atoms with E-state index in [1.165, 1.54) is 12.8 Å². The van der Waals surface area contributed by atoms with E-state index in [1.807, 2.05) is 0 Å². The number of hydrogen-bond acceptors (Lipinski definition) is 2. The summed E-state index contributed by atoms with van der Waals surface area (Å²) in [6.45, 7) is 6.51. The molecule has 2 nitrogen and oxygen atoms in total. The van der Waals surface area contributed by atoms with Crippen molar-refractivity contribution >= 4 is 0 Å². The number of hydrogen-bond donors (Lipinski definition) is 2. The molecule has 0 radical (unpaired) electrons. The van der Waals surface area contributed by atoms with E-state index in [2.05, 4.69) is 19.2 Å². The van der Waals surface area contributed by atoms with Gasteiger partial charge in [-0.25, -0.2) is 0 Å². The van der Waals surface area contributed by atoms with Crippen molar-refractivity contribution in [1.29, 1.82) is 0 Å². The molecule has 0 spiro atoms. The molecule has 0 aromatic carbocycles. The van der Waals surface area contributed by atoms with Crippen LogP contribution in [0.3, 0.4) is 0 Å². The third-order valence-electron chi connectivity index (χ3n) is 3.59. The average molecular weight is 199 g/mol. The van der Waals surface area contributed by atoms with Gasteiger partial charge in [0.25, 0.3) is 0 Å². The fraction of sp³-hybridized carbons (Fsp3) is 1.00. The average Bonchev–Trinajstić information content (AvgIpc) is 2.40. The predicted octanol–water partition coefficient (Wildman–Crippen LogP) is 2.32. The van der Waals surface area contributed by atoms with Crippen molar-refractivity contribution in [3.63, 3.8) is 0 Å². The molecule has 2 heteroatoms. The van der Waals surface area contributed by atoms with E-state index < -0.39 is 0 Å². The molecule has 1 unspecified atom stereocenters. The van der Waals surface area contributed by atoms with E-state index >= 15 is 0 Å². The first-order valence-corrected chi connectivity index (χ1v) is 6.13. The summed E-state index contributed by atoms with van der Waals surface area (Å²) >= 11 is 0. The van der Waals surface area contributed by atoms with Crippen molar-refractivity contribution in [2.24, 2.45) is 5.92 Å². The molecule has 0 bridgehead atoms. The minimum absolute atomic E-state index is 0.375. The third kappa shape index (κ3) is 3.58. The molecule has 14 heavy (non-hydrogen) atoms. The van der Waals surface area contributed by atoms with Crippen LogP contribution in [-0.4, -0.2) is 23.8 Å². The Bertz CT molecular complexity index is 146. The van der Waals surface area contributed by atoms with E-state index in [0.717, 1.165) is 38.8 Å². The first-order valence-electron chi connectivity index (χ1n) is 6.13. The largest absolute Gasteiger partial charge is 0.390 e. The maximum atomic E-state index is 10.4. The van der Waals surface area contributed by atoms with Crippen molar-refractivity contribution in [3.8, 4) is 0 Å². The molecule has 1 saturated heterocycles. The van der Waals surface area contributed by atoms with Crippen molar-refractivity contribution in [3.05, 3.63) is 0 Å². The molecule has 1 aliphatic heterocycles. The van der Waals surface area contributed by atoms with Crippen LogP contribution < -0.4 is 5.32 Å². The number of rotatable bonds is 4. The highest BCUT2D eigenvalue weighted by atomic mass is 16.3. The van der Waals surface area contributed by atoms with Gasteiger partial charge in [0.15, 0.2) is 0 Å². The molecule has 0 saturated carbocycles. The summed E-state index contributed by atoms with van der Waals surface area (Å²) in [4.78, 5) is 0. The second-order valence-electron chi connectivity index (χ2n) is 4.71. The topological polar surface area (TPSA) is 32.3 Å². The summed E-state index contributed by atoms with van der Waals surface area (Å²) in [5.41, 5.74) is -0.375. The van der Waals surface area contributed by atoms with E-state index in [9.17, 15) is 5.11 Å². The molecule has 1 heterocycles. The quantitative estimate of drug-likeness (QED) is 0.728. The lowest BCUT2D eigenvalue weighted by Gasteiger charge is -2.30. The molecule has 2 N–H and O–H groups in total. The van der Waals surface area contributed by atoms with Crippen LogP contribution in [0.5, 0.6) is 0 Å². The van der Waals surface area contributed by atoms with Gasteiger partial charge >= 0.3 is 0 Å². The number of aliphatic hydroxyl groups is 1. The van der Waals surface area contributed by atoms with Crippen molar-refractivity contribution in [1.82, 2.24) is 5.32 Å². The van der Waals surface area contributed by atoms with Crippen molar-refractivity contribution in [2.75, 3.05) is 13.1 Å². The van der Waals surface area contributed by atoms with Gasteiger partial charge in [-0.2, -0.15) is 0 Å². The first-order chi connectivity index (χ1) is 6.70. The fourth-order valence-electron chi connectivity index (χ4n) is 2.43. The molecular weight excluding hydrogens is 174 g/mol. The Morgan fingerprint density at radius 1 is 1.21 bits per heavy atom. The standard InChI is InChI=1S/C12H25NO/c1-3-11(4-2)10-12(14)6-5-8-13-9-7-12/h11,13-14H,3-10H2,1-2H3. The molecule has 1 atom stereocenters. The molecule has 0 amide bonds. The van der Waals surface area contributed by atoms with Gasteiger partial charge in [0.1, 0.15) is 0 Å². The Morgan fingerprint density at radius 3 is 2.57 bits per heavy atom. The molecule has 0 aliphatic carbocycles. The normalized spacial score (nSPS) is 29.1. The fourth-order valence-corrected chi connectivity index (χ4v) is 2.43. The molecule has 0 aromatic heterocycles. The SMILES string of the molecule is CCC(CC)CC1(O)CCCNCC1. The Kier molecular flexibility index (Phi) is 4.90. The minimum atomic E-state index is -0.375. The predicted molar refractivity (Wildman–Crippen MR) is 60.4 cm³/mol. The summed E-state index contributed by atoms with van der Waals surface area (Å²) in [5.74, 6) is 0.707. The Balaban J connectivity index is 2.44. The Morgan fingerprint density at radius 2 is 1.93 bits per heavy atom. The van der Waals surface area contributed by atoms with Crippen LogP contribution >= 0.6 is 0 Å². The van der Waals surface area contributed by atoms with Crippen molar-refractivity contribution in [2.45, 2.75) is 58.0 Å². The summed E-state index contributed by atoms with van der Waals surface area (Å²) in [6.07, 6.45) is 6.44. The molecule has 0 aromatic rings. The van der Waals surface area contributed by atoms with Crippen LogP contribution in [-0.2, 0) is 0 Å². The smallest absolute Gasteiger partial charge is 0.0663 e. The van der Waals surface area contributed by atoms with E-state index in [0.29, 0.717) is 5.92 Å². The molecular formula is C12H25NO. The van der Waals surface area contributed by atoms with E-state index in [1.54, 1.807) is 0 Å². The first kappa shape index (κ1) is 12.0. The van der Waals surface area contributed by atoms with Crippen LogP contribution in [0, 0.1) is 5.92 Å². The zero-order valence-electron chi connectivity index (χ0n) is 9.68. The van der Waals surface area contributed by atoms with Crippen LogP contribution in [0.25, 0.3) is 0 Å². The summed E-state index contributed by atoms with van der Waals surface area (Å²) in [6, 6.07) is 0. The maximum Gasteiger partial charge on any atom is 0.0663 e. The van der Waals surface area contributed by atoms with Crippen LogP contribution in [0.1, 0.15) is 52.4 Å². The highest BCUT2D eigenvalue weighted by Crippen LogP contribution is 2.29. The lowest BCUT2D eigenvalue weighted by Crippen LogP contribution is -2.32. The van der Waals surface area contributed by atoms with Gasteiger partial charge in [-0.1, -0.05) is 26.7 Å². The lowest BCUT2D eigenvalue weighted by atomic mass is 9.83. The highest BCUT2D eigenvalue weighted by Gasteiger charge is 2.29. The van der Waals surface area contributed by atoms with Gasteiger partial charge in [0.05, 0.1) is 5.60 Å². The summed E-state index contributed by atoms with van der Waals surface area (Å²) in [7, 11) is 0. The lowest BCUT2D eigenvalue weighted by molar-refractivity contribution is 0.00298. The molecule has 84 valence electrons. The van der Waals surface area contributed by atoms with E-state index in [4.69, 9.17) is 0 Å². The minimum Gasteiger partial charge on any atom is -0.390 e. The third-order valence-corrected chi connectivity index (χ3v) is 3.59. The monoisotopic (exact) mass is 199 g/mol. The van der Waals surface area contributed by atoms with Gasteiger partial charge in [0.2, 0.25) is 0 Å². The number of nitrogens with one attached hydrogen (secondary N) is 1. The summed E-state index contributed by atoms with van der Waals surface area (Å²) in [5, 5.41) is 13.8. The zero-order chi connectivity index (χ0) is 10.4. The van der Waals surface area contributed by atoms with Crippen LogP contribution in [0.2, 0.25) is 0 Å². The van der Waals surface area contributed by atoms with Gasteiger partial charge in [-0.15, -0.1) is 0 Å². The second-order valence-corrected chi connectivity index (χ2v) is 4.71. The van der Waals surface area contributed by atoms with Gasteiger partial charge in [-0.3, -0.25) is 0 Å². The molecule has 1 aliphatic rings. The van der Waals surface area contributed by atoms with Gasteiger partial charge in [0, 0.05) is 0 Å². The second kappa shape index (κ2) is 5.72. The molecule has 1 fully saturated rings. The van der Waals surface area contributed by atoms with E-state index in [-0.39, 0.29) is 5.60 Å². The highest BCUT2D eigenvalue weighted by molar-refractivity contribution is 4.84. The zero-order valence-corrected chi connectivity index (χ0v) is 9.68. The van der Waals surface area contributed by atoms with Gasteiger partial charge in [-0.05, 0) is 44.7 Å². The van der Waals surface area contributed by atoms with Crippen LogP contribution in [0.4, 0.5) is 0 Å². The maximum absolute atomic E-state index is 10.4. The van der Waals surface area contributed by atoms with Gasteiger partial charge < -0.3 is 10.4 Å².